The van der Waals surface area contributed by atoms with Crippen LogP contribution in [0.4, 0.5) is 15.8 Å². The van der Waals surface area contributed by atoms with Crippen molar-refractivity contribution in [3.8, 4) is 0 Å². The third-order valence-corrected chi connectivity index (χ3v) is 7.29. The lowest BCUT2D eigenvalue weighted by Gasteiger charge is -2.36. The number of hydrogen-bond acceptors (Lipinski definition) is 4. The number of nitrogens with zero attached hydrogens (tertiary/aromatic N) is 2. The first kappa shape index (κ1) is 18.0. The maximum Gasteiger partial charge on any atom is 0.250 e. The summed E-state index contributed by atoms with van der Waals surface area (Å²) in [6, 6.07) is 10.4. The topological polar surface area (TPSA) is 69.7 Å². The fourth-order valence-electron chi connectivity index (χ4n) is 6.02. The van der Waals surface area contributed by atoms with Crippen LogP contribution in [-0.2, 0) is 19.9 Å². The molecule has 30 heavy (non-hydrogen) atoms. The second-order valence-corrected chi connectivity index (χ2v) is 8.74. The number of amides is 3. The highest BCUT2D eigenvalue weighted by molar-refractivity contribution is 6.31. The smallest absolute Gasteiger partial charge is 0.250 e. The number of anilines is 2. The van der Waals surface area contributed by atoms with Gasteiger partial charge in [0, 0.05) is 22.3 Å². The Bertz CT molecular complexity index is 1140. The Labute approximate surface area is 176 Å². The summed E-state index contributed by atoms with van der Waals surface area (Å²) in [7, 11) is 0. The summed E-state index contributed by atoms with van der Waals surface area (Å²) < 4.78 is 14.2. The fraction of sp³-hybridized carbons (Fsp3) is 0.318. The minimum atomic E-state index is -1.36. The van der Waals surface area contributed by atoms with Gasteiger partial charge in [0.1, 0.15) is 11.4 Å². The molecule has 2 aromatic carbocycles. The number of imide groups is 1. The highest BCUT2D eigenvalue weighted by Crippen LogP contribution is 2.60. The molecule has 3 amide bonds. The van der Waals surface area contributed by atoms with Gasteiger partial charge in [-0.3, -0.25) is 19.3 Å². The molecule has 0 unspecified atom stereocenters. The zero-order valence-electron chi connectivity index (χ0n) is 15.8. The Balaban J connectivity index is 1.56. The van der Waals surface area contributed by atoms with E-state index in [1.807, 2.05) is 4.90 Å². The Kier molecular flexibility index (Phi) is 3.54. The molecule has 2 aromatic rings. The molecule has 3 fully saturated rings. The Morgan fingerprint density at radius 3 is 2.60 bits per heavy atom. The van der Waals surface area contributed by atoms with Crippen LogP contribution in [-0.4, -0.2) is 35.2 Å². The molecule has 0 saturated carbocycles. The van der Waals surface area contributed by atoms with Crippen molar-refractivity contribution in [2.24, 2.45) is 11.8 Å². The van der Waals surface area contributed by atoms with Gasteiger partial charge in [-0.1, -0.05) is 11.6 Å². The van der Waals surface area contributed by atoms with Crippen LogP contribution in [0.2, 0.25) is 5.02 Å². The summed E-state index contributed by atoms with van der Waals surface area (Å²) >= 11 is 5.97. The van der Waals surface area contributed by atoms with Crippen molar-refractivity contribution in [1.82, 2.24) is 4.90 Å². The van der Waals surface area contributed by atoms with Crippen molar-refractivity contribution in [3.05, 3.63) is 58.9 Å². The zero-order valence-corrected chi connectivity index (χ0v) is 16.5. The number of hydrogen-bond donors (Lipinski definition) is 1. The molecule has 0 aliphatic carbocycles. The van der Waals surface area contributed by atoms with E-state index < -0.39 is 29.1 Å². The summed E-state index contributed by atoms with van der Waals surface area (Å²) in [5.74, 6) is -3.10. The largest absolute Gasteiger partial charge is 0.324 e. The van der Waals surface area contributed by atoms with E-state index in [1.165, 1.54) is 23.1 Å². The first-order valence-electron chi connectivity index (χ1n) is 9.96. The van der Waals surface area contributed by atoms with Crippen LogP contribution in [0.3, 0.4) is 0 Å². The van der Waals surface area contributed by atoms with E-state index in [0.29, 0.717) is 34.9 Å². The van der Waals surface area contributed by atoms with E-state index in [4.69, 9.17) is 11.6 Å². The molecule has 8 heteroatoms. The molecule has 1 spiro atoms. The lowest BCUT2D eigenvalue weighted by atomic mass is 9.75. The fourth-order valence-corrected chi connectivity index (χ4v) is 6.15. The van der Waals surface area contributed by atoms with E-state index in [9.17, 15) is 18.8 Å². The van der Waals surface area contributed by atoms with Gasteiger partial charge in [-0.2, -0.15) is 0 Å². The normalized spacial score (nSPS) is 32.0. The standard InChI is InChI=1S/C22H17ClFN3O3/c23-11-3-6-13(7-4-11)27-19(28)17-16-2-1-9-26(16)22(18(17)20(27)29)14-10-12(24)5-8-15(14)25-21(22)30/h3-8,10,16-18H,1-2,9H2,(H,25,30)/t16-,17+,18-,22+/m0/s1. The number of carbonyl (C=O) groups excluding carboxylic acids is 3. The van der Waals surface area contributed by atoms with Gasteiger partial charge in [0.15, 0.2) is 0 Å². The highest BCUT2D eigenvalue weighted by atomic mass is 35.5. The van der Waals surface area contributed by atoms with Gasteiger partial charge in [-0.25, -0.2) is 9.29 Å². The first-order chi connectivity index (χ1) is 14.4. The molecule has 4 aliphatic heterocycles. The van der Waals surface area contributed by atoms with E-state index >= 15 is 0 Å². The zero-order chi connectivity index (χ0) is 20.8. The minimum absolute atomic E-state index is 0.233. The lowest BCUT2D eigenvalue weighted by molar-refractivity contribution is -0.135. The number of benzene rings is 2. The molecule has 4 aliphatic rings. The van der Waals surface area contributed by atoms with Crippen LogP contribution in [0.15, 0.2) is 42.5 Å². The van der Waals surface area contributed by atoms with E-state index in [-0.39, 0.29) is 17.9 Å². The van der Waals surface area contributed by atoms with E-state index in [1.54, 1.807) is 24.3 Å². The summed E-state index contributed by atoms with van der Waals surface area (Å²) in [5.41, 5.74) is 0.0160. The third-order valence-electron chi connectivity index (χ3n) is 7.04. The lowest BCUT2D eigenvalue weighted by Crippen LogP contribution is -2.54. The predicted octanol–water partition coefficient (Wildman–Crippen LogP) is 2.91. The van der Waals surface area contributed by atoms with Crippen LogP contribution >= 0.6 is 11.6 Å². The molecular formula is C22H17ClFN3O3. The monoisotopic (exact) mass is 425 g/mol. The van der Waals surface area contributed by atoms with Gasteiger partial charge in [-0.15, -0.1) is 0 Å². The Hall–Kier alpha value is -2.77. The number of nitrogens with one attached hydrogen (secondary N) is 1. The summed E-state index contributed by atoms with van der Waals surface area (Å²) in [6.45, 7) is 0.586. The molecule has 1 N–H and O–H groups in total. The van der Waals surface area contributed by atoms with Gasteiger partial charge >= 0.3 is 0 Å². The summed E-state index contributed by atoms with van der Waals surface area (Å²) in [4.78, 5) is 43.7. The quantitative estimate of drug-likeness (QED) is 0.713. The van der Waals surface area contributed by atoms with Crippen LogP contribution in [0.25, 0.3) is 0 Å². The molecule has 0 bridgehead atoms. The molecule has 0 aromatic heterocycles. The van der Waals surface area contributed by atoms with Crippen molar-refractivity contribution in [3.63, 3.8) is 0 Å². The molecule has 6 rings (SSSR count). The maximum absolute atomic E-state index is 14.2. The molecular weight excluding hydrogens is 409 g/mol. The summed E-state index contributed by atoms with van der Waals surface area (Å²) in [5, 5.41) is 3.33. The average molecular weight is 426 g/mol. The van der Waals surface area contributed by atoms with E-state index in [2.05, 4.69) is 5.32 Å². The van der Waals surface area contributed by atoms with Crippen LogP contribution < -0.4 is 10.2 Å². The molecule has 6 nitrogen and oxygen atoms in total. The van der Waals surface area contributed by atoms with Crippen LogP contribution in [0.1, 0.15) is 18.4 Å². The number of halogens is 2. The Morgan fingerprint density at radius 2 is 1.83 bits per heavy atom. The summed E-state index contributed by atoms with van der Waals surface area (Å²) in [6.07, 6.45) is 1.53. The number of rotatable bonds is 1. The van der Waals surface area contributed by atoms with Crippen LogP contribution in [0, 0.1) is 17.7 Å². The van der Waals surface area contributed by atoms with Gasteiger partial charge in [-0.05, 0) is 61.9 Å². The number of fused-ring (bicyclic) bond motifs is 7. The number of carbonyl (C=O) groups is 3. The van der Waals surface area contributed by atoms with Gasteiger partial charge in [0.05, 0.1) is 17.5 Å². The van der Waals surface area contributed by atoms with Crippen molar-refractivity contribution >= 4 is 40.7 Å². The molecule has 4 heterocycles. The van der Waals surface area contributed by atoms with Gasteiger partial charge < -0.3 is 5.32 Å². The molecule has 3 saturated heterocycles. The van der Waals surface area contributed by atoms with Gasteiger partial charge in [0.25, 0.3) is 0 Å². The second kappa shape index (κ2) is 5.89. The Morgan fingerprint density at radius 1 is 1.07 bits per heavy atom. The van der Waals surface area contributed by atoms with Crippen molar-refractivity contribution in [2.75, 3.05) is 16.8 Å². The first-order valence-corrected chi connectivity index (χ1v) is 10.3. The van der Waals surface area contributed by atoms with Crippen molar-refractivity contribution < 1.29 is 18.8 Å². The molecule has 4 atom stereocenters. The average Bonchev–Trinajstić information content (AvgIpc) is 3.42. The molecule has 0 radical (unpaired) electrons. The molecule has 152 valence electrons. The van der Waals surface area contributed by atoms with Gasteiger partial charge in [0.2, 0.25) is 17.7 Å². The van der Waals surface area contributed by atoms with Crippen molar-refractivity contribution in [2.45, 2.75) is 24.4 Å². The predicted molar refractivity (Wildman–Crippen MR) is 107 cm³/mol. The highest BCUT2D eigenvalue weighted by Gasteiger charge is 2.74. The second-order valence-electron chi connectivity index (χ2n) is 8.31. The van der Waals surface area contributed by atoms with Crippen LogP contribution in [0.5, 0.6) is 0 Å². The SMILES string of the molecule is O=C1[C@H]2[C@@H](C(=O)N1c1ccc(Cl)cc1)[C@]1(C(=O)Nc3ccc(F)cc31)N1CCC[C@@H]21. The minimum Gasteiger partial charge on any atom is -0.324 e. The van der Waals surface area contributed by atoms with Crippen molar-refractivity contribution in [1.29, 1.82) is 0 Å². The van der Waals surface area contributed by atoms with E-state index in [0.717, 1.165) is 6.42 Å². The third kappa shape index (κ3) is 1.99. The maximum atomic E-state index is 14.2.